The molecule has 1 N–H and O–H groups in total. The summed E-state index contributed by atoms with van der Waals surface area (Å²) in [5, 5.41) is 0. The molecular formula is C23H25NO4S. The molecule has 0 atom stereocenters. The third-order valence-electron chi connectivity index (χ3n) is 4.53. The number of methoxy groups -OCH3 is 1. The first-order valence-corrected chi connectivity index (χ1v) is 11.0. The van der Waals surface area contributed by atoms with Crippen LogP contribution in [0.1, 0.15) is 18.1 Å². The van der Waals surface area contributed by atoms with E-state index >= 15 is 0 Å². The third-order valence-corrected chi connectivity index (χ3v) is 5.91. The Morgan fingerprint density at radius 2 is 1.72 bits per heavy atom. The summed E-state index contributed by atoms with van der Waals surface area (Å²) in [4.78, 5) is 0.200. The molecule has 0 radical (unpaired) electrons. The van der Waals surface area contributed by atoms with Gasteiger partial charge >= 0.3 is 0 Å². The van der Waals surface area contributed by atoms with Gasteiger partial charge in [-0.3, -0.25) is 4.72 Å². The fourth-order valence-corrected chi connectivity index (χ4v) is 4.09. The zero-order valence-corrected chi connectivity index (χ0v) is 17.4. The van der Waals surface area contributed by atoms with Crippen molar-refractivity contribution in [1.82, 2.24) is 0 Å². The van der Waals surface area contributed by atoms with E-state index in [-0.39, 0.29) is 4.90 Å². The molecule has 6 heteroatoms. The van der Waals surface area contributed by atoms with Crippen molar-refractivity contribution in [2.45, 2.75) is 24.7 Å². The third kappa shape index (κ3) is 5.51. The number of aryl methyl sites for hydroxylation is 1. The second kappa shape index (κ2) is 9.47. The van der Waals surface area contributed by atoms with Crippen LogP contribution in [0.5, 0.6) is 11.5 Å². The lowest BCUT2D eigenvalue weighted by Crippen LogP contribution is -2.13. The quantitative estimate of drug-likeness (QED) is 0.555. The van der Waals surface area contributed by atoms with Crippen molar-refractivity contribution in [2.75, 3.05) is 18.4 Å². The van der Waals surface area contributed by atoms with Crippen molar-refractivity contribution in [1.29, 1.82) is 0 Å². The Kier molecular flexibility index (Phi) is 6.77. The van der Waals surface area contributed by atoms with E-state index in [9.17, 15) is 8.42 Å². The van der Waals surface area contributed by atoms with Crippen LogP contribution in [-0.2, 0) is 22.9 Å². The van der Waals surface area contributed by atoms with Gasteiger partial charge in [-0.1, -0.05) is 43.3 Å². The predicted octanol–water partition coefficient (Wildman–Crippen LogP) is 4.68. The first kappa shape index (κ1) is 20.7. The van der Waals surface area contributed by atoms with Gasteiger partial charge in [0.25, 0.3) is 10.0 Å². The Hall–Kier alpha value is -2.99. The van der Waals surface area contributed by atoms with Crippen LogP contribution in [0.15, 0.2) is 77.7 Å². The topological polar surface area (TPSA) is 64.6 Å². The van der Waals surface area contributed by atoms with Gasteiger partial charge in [-0.15, -0.1) is 0 Å². The van der Waals surface area contributed by atoms with Crippen LogP contribution >= 0.6 is 0 Å². The van der Waals surface area contributed by atoms with Gasteiger partial charge in [-0.2, -0.15) is 0 Å². The van der Waals surface area contributed by atoms with Crippen LogP contribution < -0.4 is 14.2 Å². The monoisotopic (exact) mass is 411 g/mol. The van der Waals surface area contributed by atoms with Crippen molar-refractivity contribution in [2.24, 2.45) is 0 Å². The van der Waals surface area contributed by atoms with Crippen molar-refractivity contribution >= 4 is 15.7 Å². The largest absolute Gasteiger partial charge is 0.496 e. The van der Waals surface area contributed by atoms with E-state index in [2.05, 4.69) is 4.72 Å². The molecule has 0 heterocycles. The fraction of sp³-hybridized carbons (Fsp3) is 0.217. The van der Waals surface area contributed by atoms with Gasteiger partial charge in [-0.25, -0.2) is 8.42 Å². The molecule has 0 aromatic heterocycles. The smallest absolute Gasteiger partial charge is 0.261 e. The molecule has 152 valence electrons. The summed E-state index contributed by atoms with van der Waals surface area (Å²) >= 11 is 0. The molecule has 0 unspecified atom stereocenters. The van der Waals surface area contributed by atoms with E-state index in [4.69, 9.17) is 9.47 Å². The number of rotatable bonds is 9. The molecule has 0 fully saturated rings. The number of nitrogens with one attached hydrogen (secondary N) is 1. The van der Waals surface area contributed by atoms with Gasteiger partial charge in [0.15, 0.2) is 0 Å². The van der Waals surface area contributed by atoms with Crippen LogP contribution in [0.3, 0.4) is 0 Å². The van der Waals surface area contributed by atoms with E-state index in [0.717, 1.165) is 12.0 Å². The van der Waals surface area contributed by atoms with E-state index in [1.165, 1.54) is 5.56 Å². The minimum absolute atomic E-state index is 0.200. The minimum Gasteiger partial charge on any atom is -0.496 e. The highest BCUT2D eigenvalue weighted by Gasteiger charge is 2.16. The van der Waals surface area contributed by atoms with Crippen molar-refractivity contribution < 1.29 is 17.9 Å². The average Bonchev–Trinajstić information content (AvgIpc) is 2.74. The van der Waals surface area contributed by atoms with Gasteiger partial charge < -0.3 is 9.47 Å². The zero-order chi connectivity index (χ0) is 20.7. The molecule has 5 nitrogen and oxygen atoms in total. The average molecular weight is 412 g/mol. The fourth-order valence-electron chi connectivity index (χ4n) is 2.99. The van der Waals surface area contributed by atoms with E-state index in [1.807, 2.05) is 43.3 Å². The second-order valence-corrected chi connectivity index (χ2v) is 8.23. The number of benzene rings is 3. The molecule has 0 aliphatic carbocycles. The Balaban J connectivity index is 1.68. The highest BCUT2D eigenvalue weighted by atomic mass is 32.2. The second-order valence-electron chi connectivity index (χ2n) is 6.54. The van der Waals surface area contributed by atoms with Gasteiger partial charge in [0.05, 0.1) is 24.3 Å². The lowest BCUT2D eigenvalue weighted by atomic mass is 10.1. The first-order chi connectivity index (χ1) is 14.0. The number of sulfonamides is 1. The van der Waals surface area contributed by atoms with Crippen LogP contribution in [0.4, 0.5) is 5.69 Å². The molecule has 0 saturated carbocycles. The number of anilines is 1. The number of ether oxygens (including phenoxy) is 2. The Labute approximate surface area is 172 Å². The summed E-state index contributed by atoms with van der Waals surface area (Å²) in [5.41, 5.74) is 2.49. The summed E-state index contributed by atoms with van der Waals surface area (Å²) in [6.07, 6.45) is 1.46. The molecular weight excluding hydrogens is 386 g/mol. The summed E-state index contributed by atoms with van der Waals surface area (Å²) in [6.45, 7) is 2.47. The van der Waals surface area contributed by atoms with Crippen LogP contribution in [0.2, 0.25) is 0 Å². The normalized spacial score (nSPS) is 11.1. The van der Waals surface area contributed by atoms with Gasteiger partial charge in [0, 0.05) is 12.5 Å². The maximum absolute atomic E-state index is 12.8. The molecule has 3 aromatic rings. The summed E-state index contributed by atoms with van der Waals surface area (Å²) in [7, 11) is -2.14. The molecule has 3 aromatic carbocycles. The molecule has 0 aliphatic rings. The van der Waals surface area contributed by atoms with Gasteiger partial charge in [0.2, 0.25) is 0 Å². The number of hydrogen-bond acceptors (Lipinski definition) is 4. The zero-order valence-electron chi connectivity index (χ0n) is 16.6. The van der Waals surface area contributed by atoms with Crippen LogP contribution in [-0.4, -0.2) is 22.1 Å². The van der Waals surface area contributed by atoms with E-state index in [0.29, 0.717) is 30.2 Å². The van der Waals surface area contributed by atoms with Crippen molar-refractivity contribution in [3.8, 4) is 11.5 Å². The van der Waals surface area contributed by atoms with Crippen molar-refractivity contribution in [3.05, 3.63) is 83.9 Å². The molecule has 3 rings (SSSR count). The SMILES string of the molecule is CCc1cc(S(=O)(=O)Nc2cccc(OCCc3ccccc3)c2)ccc1OC. The van der Waals surface area contributed by atoms with Gasteiger partial charge in [-0.05, 0) is 47.9 Å². The number of hydrogen-bond donors (Lipinski definition) is 1. The highest BCUT2D eigenvalue weighted by molar-refractivity contribution is 7.92. The van der Waals surface area contributed by atoms with Crippen LogP contribution in [0.25, 0.3) is 0 Å². The Morgan fingerprint density at radius 3 is 2.45 bits per heavy atom. The minimum atomic E-state index is -3.71. The maximum Gasteiger partial charge on any atom is 0.261 e. The lowest BCUT2D eigenvalue weighted by Gasteiger charge is -2.13. The summed E-state index contributed by atoms with van der Waals surface area (Å²) in [5.74, 6) is 1.30. The summed E-state index contributed by atoms with van der Waals surface area (Å²) in [6, 6.07) is 21.9. The molecule has 0 amide bonds. The van der Waals surface area contributed by atoms with E-state index in [1.54, 1.807) is 43.5 Å². The van der Waals surface area contributed by atoms with Crippen LogP contribution in [0, 0.1) is 0 Å². The highest BCUT2D eigenvalue weighted by Crippen LogP contribution is 2.25. The van der Waals surface area contributed by atoms with Crippen molar-refractivity contribution in [3.63, 3.8) is 0 Å². The standard InChI is InChI=1S/C23H25NO4S/c1-3-19-16-22(12-13-23(19)27-2)29(25,26)24-20-10-7-11-21(17-20)28-15-14-18-8-5-4-6-9-18/h4-13,16-17,24H,3,14-15H2,1-2H3. The molecule has 0 bridgehead atoms. The Morgan fingerprint density at radius 1 is 0.931 bits per heavy atom. The van der Waals surface area contributed by atoms with E-state index < -0.39 is 10.0 Å². The molecule has 0 saturated heterocycles. The maximum atomic E-state index is 12.8. The predicted molar refractivity (Wildman–Crippen MR) is 115 cm³/mol. The first-order valence-electron chi connectivity index (χ1n) is 9.48. The molecule has 0 spiro atoms. The lowest BCUT2D eigenvalue weighted by molar-refractivity contribution is 0.322. The molecule has 29 heavy (non-hydrogen) atoms. The van der Waals surface area contributed by atoms with Gasteiger partial charge in [0.1, 0.15) is 11.5 Å². The Bertz CT molecular complexity index is 1050. The summed E-state index contributed by atoms with van der Waals surface area (Å²) < 4.78 is 39.3. The molecule has 0 aliphatic heterocycles.